The molecule has 23 heavy (non-hydrogen) atoms. The molecular weight excluding hydrogens is 284 g/mol. The average Bonchev–Trinajstić information content (AvgIpc) is 3.23. The van der Waals surface area contributed by atoms with Crippen LogP contribution in [0.2, 0.25) is 0 Å². The van der Waals surface area contributed by atoms with Gasteiger partial charge in [0.15, 0.2) is 0 Å². The molecule has 0 aliphatic rings. The Labute approximate surface area is 134 Å². The van der Waals surface area contributed by atoms with Crippen molar-refractivity contribution < 1.29 is 0 Å². The highest BCUT2D eigenvalue weighted by molar-refractivity contribution is 5.95. The van der Waals surface area contributed by atoms with Gasteiger partial charge in [-0.15, -0.1) is 0 Å². The van der Waals surface area contributed by atoms with Gasteiger partial charge in [-0.1, -0.05) is 12.1 Å². The number of nitrogens with zero attached hydrogens (tertiary/aromatic N) is 2. The molecule has 4 rings (SSSR count). The zero-order chi connectivity index (χ0) is 15.8. The van der Waals surface area contributed by atoms with Gasteiger partial charge in [-0.2, -0.15) is 0 Å². The fraction of sp³-hybridized carbons (Fsp3) is 0.105. The summed E-state index contributed by atoms with van der Waals surface area (Å²) in [5.41, 5.74) is 6.73. The summed E-state index contributed by atoms with van der Waals surface area (Å²) < 4.78 is 0. The van der Waals surface area contributed by atoms with Crippen molar-refractivity contribution in [1.82, 2.24) is 15.0 Å². The Kier molecular flexibility index (Phi) is 3.15. The van der Waals surface area contributed by atoms with Crippen molar-refractivity contribution in [2.45, 2.75) is 0 Å². The third-order valence-corrected chi connectivity index (χ3v) is 4.16. The van der Waals surface area contributed by atoms with Gasteiger partial charge in [0, 0.05) is 66.6 Å². The summed E-state index contributed by atoms with van der Waals surface area (Å²) in [6, 6.07) is 12.8. The molecule has 0 aliphatic carbocycles. The van der Waals surface area contributed by atoms with Gasteiger partial charge in [-0.25, -0.2) is 4.98 Å². The standard InChI is InChI=1S/C19H18N4/c1-23(2)16-5-3-13(4-6-16)15-9-17-18(14-7-8-20-10-14)12-22-19(17)21-11-15/h3-12,20H,1-2H3,(H,21,22). The third-order valence-electron chi connectivity index (χ3n) is 4.16. The van der Waals surface area contributed by atoms with Crippen molar-refractivity contribution in [3.8, 4) is 22.3 Å². The molecule has 4 aromatic rings. The van der Waals surface area contributed by atoms with Gasteiger partial charge in [-0.05, 0) is 29.8 Å². The van der Waals surface area contributed by atoms with E-state index in [0.717, 1.165) is 22.2 Å². The van der Waals surface area contributed by atoms with E-state index in [9.17, 15) is 0 Å². The van der Waals surface area contributed by atoms with E-state index in [0.29, 0.717) is 0 Å². The van der Waals surface area contributed by atoms with Gasteiger partial charge >= 0.3 is 0 Å². The van der Waals surface area contributed by atoms with E-state index in [4.69, 9.17) is 0 Å². The van der Waals surface area contributed by atoms with Gasteiger partial charge < -0.3 is 14.9 Å². The van der Waals surface area contributed by atoms with Crippen molar-refractivity contribution in [3.63, 3.8) is 0 Å². The van der Waals surface area contributed by atoms with Crippen molar-refractivity contribution in [2.24, 2.45) is 0 Å². The molecular formula is C19H18N4. The lowest BCUT2D eigenvalue weighted by Gasteiger charge is -2.12. The maximum atomic E-state index is 4.57. The molecule has 0 saturated carbocycles. The minimum absolute atomic E-state index is 0.912. The Morgan fingerprint density at radius 2 is 1.74 bits per heavy atom. The molecule has 0 bridgehead atoms. The van der Waals surface area contributed by atoms with Crippen molar-refractivity contribution >= 4 is 16.7 Å². The predicted molar refractivity (Wildman–Crippen MR) is 95.6 cm³/mol. The molecule has 0 saturated heterocycles. The second-order valence-corrected chi connectivity index (χ2v) is 5.86. The number of aromatic amines is 2. The Bertz CT molecular complexity index is 931. The second kappa shape index (κ2) is 5.32. The number of benzene rings is 1. The van der Waals surface area contributed by atoms with Crippen LogP contribution in [-0.2, 0) is 0 Å². The monoisotopic (exact) mass is 302 g/mol. The summed E-state index contributed by atoms with van der Waals surface area (Å²) in [5, 5.41) is 1.14. The molecule has 4 nitrogen and oxygen atoms in total. The lowest BCUT2D eigenvalue weighted by molar-refractivity contribution is 1.13. The van der Waals surface area contributed by atoms with Crippen molar-refractivity contribution in [1.29, 1.82) is 0 Å². The highest BCUT2D eigenvalue weighted by atomic mass is 15.1. The number of anilines is 1. The van der Waals surface area contributed by atoms with Crippen LogP contribution >= 0.6 is 0 Å². The lowest BCUT2D eigenvalue weighted by Crippen LogP contribution is -2.07. The van der Waals surface area contributed by atoms with Crippen LogP contribution < -0.4 is 4.90 Å². The highest BCUT2D eigenvalue weighted by Crippen LogP contribution is 2.31. The predicted octanol–water partition coefficient (Wildman–Crippen LogP) is 4.29. The first-order chi connectivity index (χ1) is 11.2. The summed E-state index contributed by atoms with van der Waals surface area (Å²) in [6.45, 7) is 0. The molecule has 0 fully saturated rings. The molecule has 2 N–H and O–H groups in total. The molecule has 3 aromatic heterocycles. The number of aromatic nitrogens is 3. The zero-order valence-corrected chi connectivity index (χ0v) is 13.2. The third kappa shape index (κ3) is 2.38. The molecule has 0 spiro atoms. The second-order valence-electron chi connectivity index (χ2n) is 5.86. The number of fused-ring (bicyclic) bond motifs is 1. The molecule has 1 aromatic carbocycles. The van der Waals surface area contributed by atoms with Crippen LogP contribution in [0.3, 0.4) is 0 Å². The minimum atomic E-state index is 0.912. The Hall–Kier alpha value is -3.01. The summed E-state index contributed by atoms with van der Waals surface area (Å²) in [4.78, 5) is 13.0. The molecule has 4 heteroatoms. The van der Waals surface area contributed by atoms with Crippen LogP contribution in [0.4, 0.5) is 5.69 Å². The zero-order valence-electron chi connectivity index (χ0n) is 13.2. The summed E-state index contributed by atoms with van der Waals surface area (Å²) in [7, 11) is 4.09. The molecule has 114 valence electrons. The maximum Gasteiger partial charge on any atom is 0.137 e. The number of pyridine rings is 1. The number of hydrogen-bond acceptors (Lipinski definition) is 2. The van der Waals surface area contributed by atoms with E-state index < -0.39 is 0 Å². The number of H-pyrrole nitrogens is 2. The first kappa shape index (κ1) is 13.6. The van der Waals surface area contributed by atoms with Crippen molar-refractivity contribution in [2.75, 3.05) is 19.0 Å². The summed E-state index contributed by atoms with van der Waals surface area (Å²) in [5.74, 6) is 0. The van der Waals surface area contributed by atoms with Crippen molar-refractivity contribution in [3.05, 3.63) is 61.2 Å². The Morgan fingerprint density at radius 3 is 2.43 bits per heavy atom. The largest absolute Gasteiger partial charge is 0.378 e. The quantitative estimate of drug-likeness (QED) is 0.593. The number of nitrogens with one attached hydrogen (secondary N) is 2. The van der Waals surface area contributed by atoms with E-state index in [1.165, 1.54) is 16.8 Å². The molecule has 0 atom stereocenters. The molecule has 0 amide bonds. The molecule has 0 unspecified atom stereocenters. The van der Waals surface area contributed by atoms with Gasteiger partial charge in [-0.3, -0.25) is 0 Å². The number of hydrogen-bond donors (Lipinski definition) is 2. The van der Waals surface area contributed by atoms with Gasteiger partial charge in [0.2, 0.25) is 0 Å². The van der Waals surface area contributed by atoms with Gasteiger partial charge in [0.05, 0.1) is 0 Å². The van der Waals surface area contributed by atoms with E-state index in [1.807, 2.05) is 38.9 Å². The Morgan fingerprint density at radius 1 is 0.913 bits per heavy atom. The van der Waals surface area contributed by atoms with Crippen LogP contribution in [0.5, 0.6) is 0 Å². The van der Waals surface area contributed by atoms with Crippen LogP contribution in [0.1, 0.15) is 0 Å². The highest BCUT2D eigenvalue weighted by Gasteiger charge is 2.09. The number of rotatable bonds is 3. The normalized spacial score (nSPS) is 11.0. The first-order valence-corrected chi connectivity index (χ1v) is 7.60. The molecule has 0 radical (unpaired) electrons. The Balaban J connectivity index is 1.80. The van der Waals surface area contributed by atoms with E-state index >= 15 is 0 Å². The van der Waals surface area contributed by atoms with Crippen LogP contribution in [-0.4, -0.2) is 29.0 Å². The molecule has 0 aliphatic heterocycles. The average molecular weight is 302 g/mol. The van der Waals surface area contributed by atoms with E-state index in [-0.39, 0.29) is 0 Å². The van der Waals surface area contributed by atoms with Crippen LogP contribution in [0.25, 0.3) is 33.3 Å². The van der Waals surface area contributed by atoms with E-state index in [2.05, 4.69) is 56.3 Å². The molecule has 3 heterocycles. The van der Waals surface area contributed by atoms with Gasteiger partial charge in [0.25, 0.3) is 0 Å². The topological polar surface area (TPSA) is 47.7 Å². The van der Waals surface area contributed by atoms with Crippen LogP contribution in [0, 0.1) is 0 Å². The summed E-state index contributed by atoms with van der Waals surface area (Å²) >= 11 is 0. The SMILES string of the molecule is CN(C)c1ccc(-c2cnc3[nH]cc(-c4cc[nH]c4)c3c2)cc1. The van der Waals surface area contributed by atoms with Crippen LogP contribution in [0.15, 0.2) is 61.2 Å². The fourth-order valence-electron chi connectivity index (χ4n) is 2.84. The minimum Gasteiger partial charge on any atom is -0.378 e. The first-order valence-electron chi connectivity index (χ1n) is 7.60. The lowest BCUT2D eigenvalue weighted by atomic mass is 10.0. The van der Waals surface area contributed by atoms with Gasteiger partial charge in [0.1, 0.15) is 5.65 Å². The van der Waals surface area contributed by atoms with E-state index in [1.54, 1.807) is 0 Å². The fourth-order valence-corrected chi connectivity index (χ4v) is 2.84. The summed E-state index contributed by atoms with van der Waals surface area (Å²) in [6.07, 6.45) is 7.87. The smallest absolute Gasteiger partial charge is 0.137 e. The maximum absolute atomic E-state index is 4.57.